The molecule has 7 rings (SSSR count). The normalized spacial score (nSPS) is 11.0. The summed E-state index contributed by atoms with van der Waals surface area (Å²) in [5.74, 6) is 3.05. The topological polar surface area (TPSA) is 88.5 Å². The van der Waals surface area contributed by atoms with Gasteiger partial charge in [0.05, 0.1) is 62.2 Å². The van der Waals surface area contributed by atoms with Crippen molar-refractivity contribution in [3.63, 3.8) is 0 Å². The molecule has 0 bridgehead atoms. The van der Waals surface area contributed by atoms with E-state index in [1.165, 1.54) is 0 Å². The van der Waals surface area contributed by atoms with E-state index in [1.54, 1.807) is 28.4 Å². The first-order valence-corrected chi connectivity index (χ1v) is 14.7. The highest BCUT2D eigenvalue weighted by Gasteiger charge is 2.19. The summed E-state index contributed by atoms with van der Waals surface area (Å²) in [7, 11) is 6.61. The minimum absolute atomic E-state index is 0.657. The first-order chi connectivity index (χ1) is 22.6. The van der Waals surface area contributed by atoms with Crippen LogP contribution in [0.1, 0.15) is 0 Å². The molecular formula is C38H30N4O4. The third kappa shape index (κ3) is 5.30. The van der Waals surface area contributed by atoms with Crippen LogP contribution >= 0.6 is 0 Å². The van der Waals surface area contributed by atoms with Crippen LogP contribution < -0.4 is 18.9 Å². The molecule has 8 nitrogen and oxygen atoms in total. The van der Waals surface area contributed by atoms with Gasteiger partial charge in [0.15, 0.2) is 0 Å². The Morgan fingerprint density at radius 1 is 0.304 bits per heavy atom. The SMILES string of the molecule is COc1ccc(-c2nc3ccc4nc(-c5ccc(OC)cc5)c(-c5ccc(OC)cc5)nc4c3nc2-c2ccc(OC)cc2)cc1. The molecular weight excluding hydrogens is 576 g/mol. The van der Waals surface area contributed by atoms with Gasteiger partial charge in [-0.2, -0.15) is 0 Å². The minimum Gasteiger partial charge on any atom is -0.497 e. The summed E-state index contributed by atoms with van der Waals surface area (Å²) < 4.78 is 21.6. The fourth-order valence-electron chi connectivity index (χ4n) is 5.44. The third-order valence-electron chi connectivity index (χ3n) is 7.92. The van der Waals surface area contributed by atoms with Crippen LogP contribution in [0.4, 0.5) is 0 Å². The first kappa shape index (κ1) is 28.7. The van der Waals surface area contributed by atoms with Crippen LogP contribution in [-0.4, -0.2) is 48.4 Å². The van der Waals surface area contributed by atoms with Crippen molar-refractivity contribution in [2.75, 3.05) is 28.4 Å². The van der Waals surface area contributed by atoms with E-state index in [9.17, 15) is 0 Å². The zero-order chi connectivity index (χ0) is 31.6. The van der Waals surface area contributed by atoms with Gasteiger partial charge in [0.1, 0.15) is 34.0 Å². The van der Waals surface area contributed by atoms with E-state index in [0.717, 1.165) is 68.0 Å². The van der Waals surface area contributed by atoms with E-state index in [4.69, 9.17) is 38.9 Å². The number of benzene rings is 5. The van der Waals surface area contributed by atoms with Gasteiger partial charge in [-0.3, -0.25) is 0 Å². The van der Waals surface area contributed by atoms with E-state index in [-0.39, 0.29) is 0 Å². The van der Waals surface area contributed by atoms with Gasteiger partial charge in [0.2, 0.25) is 0 Å². The average Bonchev–Trinajstić information content (AvgIpc) is 3.14. The molecule has 2 heterocycles. The molecule has 0 spiro atoms. The maximum Gasteiger partial charge on any atom is 0.118 e. The monoisotopic (exact) mass is 606 g/mol. The summed E-state index contributed by atoms with van der Waals surface area (Å²) >= 11 is 0. The van der Waals surface area contributed by atoms with Crippen molar-refractivity contribution >= 4 is 22.1 Å². The number of aromatic nitrogens is 4. The number of fused-ring (bicyclic) bond motifs is 3. The molecule has 0 amide bonds. The largest absolute Gasteiger partial charge is 0.497 e. The summed E-state index contributed by atoms with van der Waals surface area (Å²) in [4.78, 5) is 20.8. The molecule has 7 aromatic rings. The highest BCUT2D eigenvalue weighted by atomic mass is 16.5. The van der Waals surface area contributed by atoms with Crippen molar-refractivity contribution in [2.45, 2.75) is 0 Å². The lowest BCUT2D eigenvalue weighted by Gasteiger charge is -2.15. The molecule has 0 unspecified atom stereocenters. The molecule has 0 fully saturated rings. The molecule has 8 heteroatoms. The minimum atomic E-state index is 0.657. The first-order valence-electron chi connectivity index (χ1n) is 14.7. The Morgan fingerprint density at radius 2 is 0.543 bits per heavy atom. The molecule has 0 aliphatic heterocycles. The van der Waals surface area contributed by atoms with Crippen molar-refractivity contribution in [3.05, 3.63) is 109 Å². The Labute approximate surface area is 266 Å². The standard InChI is InChI=1S/C38H30N4O4/c1-43-27-13-5-23(6-14-27)33-35(25-9-17-29(45-3)18-10-25)41-37-31(39-33)21-22-32-38(37)42-36(26-11-19-30(46-4)20-12-26)34(40-32)24-7-15-28(44-2)16-8-24/h5-22H,1-4H3. The van der Waals surface area contributed by atoms with Crippen molar-refractivity contribution in [3.8, 4) is 68.0 Å². The van der Waals surface area contributed by atoms with Gasteiger partial charge < -0.3 is 18.9 Å². The number of rotatable bonds is 8. The fourth-order valence-corrected chi connectivity index (χ4v) is 5.44. The molecule has 0 aliphatic rings. The predicted molar refractivity (Wildman–Crippen MR) is 181 cm³/mol. The molecule has 2 aromatic heterocycles. The molecule has 0 atom stereocenters. The van der Waals surface area contributed by atoms with E-state index < -0.39 is 0 Å². The van der Waals surface area contributed by atoms with Crippen molar-refractivity contribution < 1.29 is 18.9 Å². The Balaban J connectivity index is 1.49. The van der Waals surface area contributed by atoms with E-state index in [2.05, 4.69) is 0 Å². The quantitative estimate of drug-likeness (QED) is 0.160. The second kappa shape index (κ2) is 12.2. The van der Waals surface area contributed by atoms with E-state index >= 15 is 0 Å². The molecule has 0 saturated heterocycles. The van der Waals surface area contributed by atoms with Crippen LogP contribution in [0, 0.1) is 0 Å². The van der Waals surface area contributed by atoms with Gasteiger partial charge in [-0.15, -0.1) is 0 Å². The molecule has 0 saturated carbocycles. The summed E-state index contributed by atoms with van der Waals surface area (Å²) in [6.45, 7) is 0. The van der Waals surface area contributed by atoms with Gasteiger partial charge in [-0.1, -0.05) is 0 Å². The van der Waals surface area contributed by atoms with Crippen molar-refractivity contribution in [1.82, 2.24) is 19.9 Å². The van der Waals surface area contributed by atoms with Crippen LogP contribution in [0.2, 0.25) is 0 Å². The van der Waals surface area contributed by atoms with Crippen LogP contribution in [0.5, 0.6) is 23.0 Å². The van der Waals surface area contributed by atoms with Crippen LogP contribution in [0.15, 0.2) is 109 Å². The number of nitrogens with zero attached hydrogens (tertiary/aromatic N) is 4. The molecule has 0 aliphatic carbocycles. The Bertz CT molecular complexity index is 2010. The lowest BCUT2D eigenvalue weighted by molar-refractivity contribution is 0.414. The Morgan fingerprint density at radius 3 is 0.783 bits per heavy atom. The number of hydrogen-bond acceptors (Lipinski definition) is 8. The second-order valence-corrected chi connectivity index (χ2v) is 10.6. The van der Waals surface area contributed by atoms with E-state index in [1.807, 2.05) is 109 Å². The summed E-state index contributed by atoms with van der Waals surface area (Å²) in [5, 5.41) is 0. The lowest BCUT2D eigenvalue weighted by atomic mass is 10.0. The van der Waals surface area contributed by atoms with Gasteiger partial charge in [0.25, 0.3) is 0 Å². The molecule has 46 heavy (non-hydrogen) atoms. The lowest BCUT2D eigenvalue weighted by Crippen LogP contribution is -2.00. The van der Waals surface area contributed by atoms with Crippen molar-refractivity contribution in [2.24, 2.45) is 0 Å². The Kier molecular flexibility index (Phi) is 7.60. The van der Waals surface area contributed by atoms with Gasteiger partial charge in [-0.25, -0.2) is 19.9 Å². The predicted octanol–water partition coefficient (Wildman–Crippen LogP) is 8.28. The van der Waals surface area contributed by atoms with Crippen molar-refractivity contribution in [1.29, 1.82) is 0 Å². The zero-order valence-corrected chi connectivity index (χ0v) is 25.8. The molecule has 5 aromatic carbocycles. The highest BCUT2D eigenvalue weighted by molar-refractivity contribution is 6.03. The van der Waals surface area contributed by atoms with Gasteiger partial charge in [-0.05, 0) is 109 Å². The summed E-state index contributed by atoms with van der Waals surface area (Å²) in [6, 6.07) is 35.2. The van der Waals surface area contributed by atoms with E-state index in [0.29, 0.717) is 22.1 Å². The van der Waals surface area contributed by atoms with Crippen LogP contribution in [-0.2, 0) is 0 Å². The van der Waals surface area contributed by atoms with Gasteiger partial charge in [0, 0.05) is 22.3 Å². The smallest absolute Gasteiger partial charge is 0.118 e. The third-order valence-corrected chi connectivity index (χ3v) is 7.92. The summed E-state index contributed by atoms with van der Waals surface area (Å²) in [6.07, 6.45) is 0. The van der Waals surface area contributed by atoms with Crippen LogP contribution in [0.3, 0.4) is 0 Å². The number of hydrogen-bond donors (Lipinski definition) is 0. The van der Waals surface area contributed by atoms with Gasteiger partial charge >= 0.3 is 0 Å². The number of methoxy groups -OCH3 is 4. The molecule has 0 N–H and O–H groups in total. The molecule has 0 radical (unpaired) electrons. The average molecular weight is 607 g/mol. The maximum atomic E-state index is 5.42. The zero-order valence-electron chi connectivity index (χ0n) is 25.8. The van der Waals surface area contributed by atoms with Crippen LogP contribution in [0.25, 0.3) is 67.1 Å². The highest BCUT2D eigenvalue weighted by Crippen LogP contribution is 2.37. The maximum absolute atomic E-state index is 5.42. The molecule has 226 valence electrons. The fraction of sp³-hybridized carbons (Fsp3) is 0.105. The second-order valence-electron chi connectivity index (χ2n) is 10.6. The summed E-state index contributed by atoms with van der Waals surface area (Å²) in [5.41, 5.74) is 9.31. The number of ether oxygens (including phenoxy) is 4. The Hall–Kier alpha value is -6.02.